The van der Waals surface area contributed by atoms with Gasteiger partial charge in [-0.3, -0.25) is 9.59 Å². The van der Waals surface area contributed by atoms with Gasteiger partial charge < -0.3 is 14.2 Å². The van der Waals surface area contributed by atoms with E-state index in [1.165, 1.54) is 12.5 Å². The molecule has 5 heteroatoms. The average molecular weight is 398 g/mol. The van der Waals surface area contributed by atoms with E-state index in [4.69, 9.17) is 14.2 Å². The molecule has 3 unspecified atom stereocenters. The van der Waals surface area contributed by atoms with E-state index < -0.39 is 0 Å². The van der Waals surface area contributed by atoms with Gasteiger partial charge >= 0.3 is 5.97 Å². The normalized spacial score (nSPS) is 27.0. The summed E-state index contributed by atoms with van der Waals surface area (Å²) in [6.45, 7) is 8.91. The highest BCUT2D eigenvalue weighted by atomic mass is 16.7. The topological polar surface area (TPSA) is 61.8 Å². The van der Waals surface area contributed by atoms with Crippen LogP contribution in [0.4, 0.5) is 0 Å². The summed E-state index contributed by atoms with van der Waals surface area (Å²) < 4.78 is 17.1. The summed E-state index contributed by atoms with van der Waals surface area (Å²) in [7, 11) is 0. The van der Waals surface area contributed by atoms with Gasteiger partial charge in [-0.05, 0) is 49.3 Å². The smallest absolute Gasteiger partial charge is 0.307 e. The Morgan fingerprint density at radius 2 is 1.66 bits per heavy atom. The maximum Gasteiger partial charge on any atom is 0.307 e. The lowest BCUT2D eigenvalue weighted by Gasteiger charge is -2.20. The molecule has 0 radical (unpaired) electrons. The Morgan fingerprint density at radius 1 is 1.07 bits per heavy atom. The van der Waals surface area contributed by atoms with Crippen LogP contribution in [-0.4, -0.2) is 31.3 Å². The molecule has 4 rings (SSSR count). The number of rotatable bonds is 5. The Morgan fingerprint density at radius 3 is 2.21 bits per heavy atom. The zero-order chi connectivity index (χ0) is 20.7. The number of fused-ring (bicyclic) bond motifs is 1. The molecule has 0 N–H and O–H groups in total. The number of Topliss-reactive ketones (excluding diaryl/α,β-unsaturated/α-hetero) is 1. The van der Waals surface area contributed by atoms with Crippen LogP contribution in [0, 0.1) is 24.7 Å². The minimum atomic E-state index is -0.369. The third-order valence-electron chi connectivity index (χ3n) is 6.51. The fraction of sp³-hybridized carbons (Fsp3) is 0.583. The van der Waals surface area contributed by atoms with Crippen molar-refractivity contribution < 1.29 is 23.8 Å². The highest BCUT2D eigenvalue weighted by Crippen LogP contribution is 2.53. The molecular weight excluding hydrogens is 368 g/mol. The lowest BCUT2D eigenvalue weighted by molar-refractivity contribution is -0.137. The van der Waals surface area contributed by atoms with Crippen molar-refractivity contribution in [3.05, 3.63) is 40.1 Å². The average Bonchev–Trinajstić information content (AvgIpc) is 3.40. The van der Waals surface area contributed by atoms with Crippen LogP contribution in [0.2, 0.25) is 0 Å². The van der Waals surface area contributed by atoms with Crippen molar-refractivity contribution in [3.8, 4) is 0 Å². The first-order valence-corrected chi connectivity index (χ1v) is 10.8. The first kappa shape index (κ1) is 20.3. The number of ketones is 1. The SMILES string of the molecule is CCc1cc(C)cc(CC)c1C1=C(OC(C)=O)C2CC(C3OCCO3)CC2C1=O. The second-order valence-corrected chi connectivity index (χ2v) is 8.42. The third kappa shape index (κ3) is 3.55. The van der Waals surface area contributed by atoms with Gasteiger partial charge in [0.05, 0.1) is 18.8 Å². The summed E-state index contributed by atoms with van der Waals surface area (Å²) in [5, 5.41) is 0. The molecule has 156 valence electrons. The van der Waals surface area contributed by atoms with Crippen LogP contribution < -0.4 is 0 Å². The fourth-order valence-corrected chi connectivity index (χ4v) is 5.37. The van der Waals surface area contributed by atoms with Gasteiger partial charge in [0.15, 0.2) is 12.1 Å². The van der Waals surface area contributed by atoms with Crippen molar-refractivity contribution in [2.75, 3.05) is 13.2 Å². The van der Waals surface area contributed by atoms with E-state index in [-0.39, 0.29) is 35.8 Å². The predicted octanol–water partition coefficient (Wildman–Crippen LogP) is 3.99. The second-order valence-electron chi connectivity index (χ2n) is 8.42. The van der Waals surface area contributed by atoms with Gasteiger partial charge in [0.1, 0.15) is 5.76 Å². The van der Waals surface area contributed by atoms with Gasteiger partial charge in [0.25, 0.3) is 0 Å². The van der Waals surface area contributed by atoms with Crippen molar-refractivity contribution in [1.29, 1.82) is 0 Å². The van der Waals surface area contributed by atoms with Crippen molar-refractivity contribution >= 4 is 17.3 Å². The van der Waals surface area contributed by atoms with Gasteiger partial charge in [0, 0.05) is 24.7 Å². The number of benzene rings is 1. The van der Waals surface area contributed by atoms with Crippen LogP contribution in [0.25, 0.3) is 5.57 Å². The monoisotopic (exact) mass is 398 g/mol. The highest BCUT2D eigenvalue weighted by molar-refractivity contribution is 6.26. The highest BCUT2D eigenvalue weighted by Gasteiger charge is 2.52. The number of carbonyl (C=O) groups is 2. The van der Waals surface area contributed by atoms with E-state index in [0.717, 1.165) is 42.4 Å². The number of aryl methyl sites for hydroxylation is 3. The quantitative estimate of drug-likeness (QED) is 0.702. The van der Waals surface area contributed by atoms with Crippen LogP contribution in [0.1, 0.15) is 55.9 Å². The number of allylic oxidation sites excluding steroid dienone is 2. The molecule has 1 aromatic carbocycles. The number of carbonyl (C=O) groups excluding carboxylic acids is 2. The van der Waals surface area contributed by atoms with E-state index in [9.17, 15) is 9.59 Å². The Hall–Kier alpha value is -1.98. The molecule has 1 saturated heterocycles. The summed E-state index contributed by atoms with van der Waals surface area (Å²) in [4.78, 5) is 25.6. The lowest BCUT2D eigenvalue weighted by atomic mass is 9.87. The molecular formula is C24H30O5. The molecule has 2 aliphatic carbocycles. The van der Waals surface area contributed by atoms with Gasteiger partial charge in [-0.15, -0.1) is 0 Å². The van der Waals surface area contributed by atoms with Gasteiger partial charge in [-0.25, -0.2) is 0 Å². The zero-order valence-electron chi connectivity index (χ0n) is 17.7. The van der Waals surface area contributed by atoms with E-state index in [1.54, 1.807) is 0 Å². The van der Waals surface area contributed by atoms with Crippen molar-refractivity contribution in [1.82, 2.24) is 0 Å². The first-order chi connectivity index (χ1) is 13.9. The molecule has 2 fully saturated rings. The second kappa shape index (κ2) is 8.04. The molecule has 1 saturated carbocycles. The van der Waals surface area contributed by atoms with E-state index in [0.29, 0.717) is 24.5 Å². The molecule has 3 aliphatic rings. The standard InChI is InChI=1S/C24H30O5/c1-5-15-9-13(3)10-16(6-2)20(15)21-22(26)18-11-17(24-27-7-8-28-24)12-19(18)23(21)29-14(4)25/h9-10,17-19,24H,5-8,11-12H2,1-4H3. The molecule has 3 atom stereocenters. The summed E-state index contributed by atoms with van der Waals surface area (Å²) in [5.74, 6) is 0.243. The fourth-order valence-electron chi connectivity index (χ4n) is 5.37. The Balaban J connectivity index is 1.80. The van der Waals surface area contributed by atoms with E-state index in [2.05, 4.69) is 32.9 Å². The predicted molar refractivity (Wildman–Crippen MR) is 109 cm³/mol. The molecule has 1 aromatic rings. The summed E-state index contributed by atoms with van der Waals surface area (Å²) >= 11 is 0. The molecule has 1 aliphatic heterocycles. The van der Waals surface area contributed by atoms with Crippen molar-refractivity contribution in [2.24, 2.45) is 17.8 Å². The first-order valence-electron chi connectivity index (χ1n) is 10.8. The van der Waals surface area contributed by atoms with Crippen molar-refractivity contribution in [2.45, 2.75) is 59.7 Å². The Bertz CT molecular complexity index is 837. The Labute approximate surface area is 172 Å². The molecule has 0 aromatic heterocycles. The largest absolute Gasteiger partial charge is 0.430 e. The number of ether oxygens (including phenoxy) is 3. The maximum atomic E-state index is 13.6. The molecule has 0 bridgehead atoms. The van der Waals surface area contributed by atoms with Crippen molar-refractivity contribution in [3.63, 3.8) is 0 Å². The van der Waals surface area contributed by atoms with Crippen LogP contribution in [0.15, 0.2) is 17.9 Å². The van der Waals surface area contributed by atoms with Gasteiger partial charge in [0.2, 0.25) is 0 Å². The Kier molecular flexibility index (Phi) is 5.63. The van der Waals surface area contributed by atoms with E-state index >= 15 is 0 Å². The van der Waals surface area contributed by atoms with Gasteiger partial charge in [-0.2, -0.15) is 0 Å². The maximum absolute atomic E-state index is 13.6. The lowest BCUT2D eigenvalue weighted by Crippen LogP contribution is -2.21. The summed E-state index contributed by atoms with van der Waals surface area (Å²) in [6.07, 6.45) is 2.89. The number of hydrogen-bond acceptors (Lipinski definition) is 5. The van der Waals surface area contributed by atoms with Crippen LogP contribution in [0.3, 0.4) is 0 Å². The zero-order valence-corrected chi connectivity index (χ0v) is 17.7. The van der Waals surface area contributed by atoms with E-state index in [1.807, 2.05) is 0 Å². The minimum Gasteiger partial charge on any atom is -0.430 e. The van der Waals surface area contributed by atoms with Crippen LogP contribution in [-0.2, 0) is 36.6 Å². The van der Waals surface area contributed by atoms with Gasteiger partial charge in [-0.1, -0.05) is 31.5 Å². The van der Waals surface area contributed by atoms with Crippen LogP contribution >= 0.6 is 0 Å². The number of hydrogen-bond donors (Lipinski definition) is 0. The summed E-state index contributed by atoms with van der Waals surface area (Å²) in [6, 6.07) is 4.30. The number of esters is 1. The molecule has 29 heavy (non-hydrogen) atoms. The summed E-state index contributed by atoms with van der Waals surface area (Å²) in [5.41, 5.74) is 5.11. The molecule has 5 nitrogen and oxygen atoms in total. The molecule has 0 amide bonds. The molecule has 1 heterocycles. The minimum absolute atomic E-state index is 0.0742. The molecule has 0 spiro atoms. The van der Waals surface area contributed by atoms with Crippen LogP contribution in [0.5, 0.6) is 0 Å². The third-order valence-corrected chi connectivity index (χ3v) is 6.51.